The van der Waals surface area contributed by atoms with Crippen LogP contribution in [0.4, 0.5) is 4.79 Å². The van der Waals surface area contributed by atoms with Crippen LogP contribution in [0.5, 0.6) is 0 Å². The molecule has 1 heterocycles. The molecule has 1 N–H and O–H groups in total. The number of rotatable bonds is 8. The Labute approximate surface area is 187 Å². The maximum absolute atomic E-state index is 12.6. The minimum atomic E-state index is -1.30. The van der Waals surface area contributed by atoms with E-state index in [0.717, 1.165) is 5.56 Å². The monoisotopic (exact) mass is 449 g/mol. The summed E-state index contributed by atoms with van der Waals surface area (Å²) >= 11 is 0. The fourth-order valence-electron chi connectivity index (χ4n) is 3.03. The molecule has 32 heavy (non-hydrogen) atoms. The number of alkyl carbamates (subject to hydrolysis) is 1. The first-order chi connectivity index (χ1) is 14.9. The molecule has 1 aliphatic rings. The van der Waals surface area contributed by atoms with Gasteiger partial charge in [-0.2, -0.15) is 0 Å². The molecule has 9 nitrogen and oxygen atoms in total. The zero-order valence-electron chi connectivity index (χ0n) is 19.1. The van der Waals surface area contributed by atoms with Gasteiger partial charge in [0.15, 0.2) is 5.92 Å². The molecule has 0 unspecified atom stereocenters. The first-order valence-corrected chi connectivity index (χ1v) is 10.5. The van der Waals surface area contributed by atoms with E-state index in [1.165, 1.54) is 13.8 Å². The van der Waals surface area contributed by atoms with Crippen LogP contribution in [0, 0.1) is 5.92 Å². The van der Waals surface area contributed by atoms with E-state index in [9.17, 15) is 19.2 Å². The standard InChI is InChI=1S/C23H31NO8/c1-22(2,3)32-21(28)24-17(20(27)29-14-15-10-7-6-8-11-15)13-9-12-16-18(25)30-23(4,5)31-19(16)26/h6-8,10-11,16-17H,9,12-14H2,1-5H3,(H,24,28)/t17-/m1/s1. The Morgan fingerprint density at radius 2 is 1.69 bits per heavy atom. The van der Waals surface area contributed by atoms with Crippen molar-refractivity contribution < 1.29 is 38.1 Å². The molecule has 0 spiro atoms. The number of amides is 1. The number of ether oxygens (including phenoxy) is 4. The minimum absolute atomic E-state index is 0.0442. The van der Waals surface area contributed by atoms with Crippen molar-refractivity contribution in [2.75, 3.05) is 0 Å². The number of carbonyl (C=O) groups excluding carboxylic acids is 4. The van der Waals surface area contributed by atoms with E-state index in [4.69, 9.17) is 18.9 Å². The predicted octanol–water partition coefficient (Wildman–Crippen LogP) is 3.25. The van der Waals surface area contributed by atoms with Crippen molar-refractivity contribution in [3.05, 3.63) is 35.9 Å². The Kier molecular flexibility index (Phi) is 8.24. The van der Waals surface area contributed by atoms with Crippen molar-refractivity contribution in [2.24, 2.45) is 5.92 Å². The van der Waals surface area contributed by atoms with Crippen molar-refractivity contribution in [3.8, 4) is 0 Å². The lowest BCUT2D eigenvalue weighted by Gasteiger charge is -2.33. The number of nitrogens with one attached hydrogen (secondary N) is 1. The van der Waals surface area contributed by atoms with Crippen LogP contribution in [0.1, 0.15) is 59.4 Å². The predicted molar refractivity (Wildman–Crippen MR) is 113 cm³/mol. The van der Waals surface area contributed by atoms with E-state index in [0.29, 0.717) is 0 Å². The van der Waals surface area contributed by atoms with Crippen LogP contribution in [0.2, 0.25) is 0 Å². The van der Waals surface area contributed by atoms with Gasteiger partial charge in [-0.25, -0.2) is 9.59 Å². The van der Waals surface area contributed by atoms with Crippen molar-refractivity contribution in [3.63, 3.8) is 0 Å². The molecule has 2 rings (SSSR count). The van der Waals surface area contributed by atoms with Crippen LogP contribution in [-0.4, -0.2) is 41.4 Å². The smallest absolute Gasteiger partial charge is 0.408 e. The highest BCUT2D eigenvalue weighted by molar-refractivity contribution is 5.96. The Balaban J connectivity index is 1.97. The van der Waals surface area contributed by atoms with Gasteiger partial charge in [0.25, 0.3) is 5.79 Å². The molecule has 0 aromatic heterocycles. The van der Waals surface area contributed by atoms with Crippen LogP contribution in [0.25, 0.3) is 0 Å². The Morgan fingerprint density at radius 3 is 2.25 bits per heavy atom. The molecule has 0 saturated carbocycles. The SMILES string of the molecule is CC(C)(C)OC(=O)N[C@H](CCCC1C(=O)OC(C)(C)OC1=O)C(=O)OCc1ccccc1. The maximum atomic E-state index is 12.6. The molecule has 176 valence electrons. The van der Waals surface area contributed by atoms with Crippen molar-refractivity contribution >= 4 is 24.0 Å². The van der Waals surface area contributed by atoms with Gasteiger partial charge in [0.2, 0.25) is 0 Å². The fraction of sp³-hybridized carbons (Fsp3) is 0.565. The van der Waals surface area contributed by atoms with Gasteiger partial charge in [-0.15, -0.1) is 0 Å². The van der Waals surface area contributed by atoms with Gasteiger partial charge < -0.3 is 24.3 Å². The first kappa shape index (κ1) is 25.2. The summed E-state index contributed by atoms with van der Waals surface area (Å²) in [6.07, 6.45) is -0.271. The third-order valence-electron chi connectivity index (χ3n) is 4.45. The quantitative estimate of drug-likeness (QED) is 0.365. The lowest BCUT2D eigenvalue weighted by atomic mass is 9.98. The summed E-state index contributed by atoms with van der Waals surface area (Å²) in [5, 5.41) is 2.51. The molecule has 9 heteroatoms. The van der Waals surface area contributed by atoms with Gasteiger partial charge in [0, 0.05) is 13.8 Å². The summed E-state index contributed by atoms with van der Waals surface area (Å²) in [7, 11) is 0. The molecule has 0 aliphatic carbocycles. The molecule has 1 saturated heterocycles. The number of hydrogen-bond donors (Lipinski definition) is 1. The molecule has 1 amide bonds. The Hall–Kier alpha value is -3.10. The van der Waals surface area contributed by atoms with E-state index < -0.39 is 47.3 Å². The summed E-state index contributed by atoms with van der Waals surface area (Å²) < 4.78 is 20.8. The van der Waals surface area contributed by atoms with E-state index >= 15 is 0 Å². The summed E-state index contributed by atoms with van der Waals surface area (Å²) in [5.74, 6) is -4.36. The fourth-order valence-corrected chi connectivity index (χ4v) is 3.03. The van der Waals surface area contributed by atoms with Crippen molar-refractivity contribution in [2.45, 2.75) is 77.9 Å². The molecule has 1 atom stereocenters. The average molecular weight is 450 g/mol. The van der Waals surface area contributed by atoms with E-state index in [1.54, 1.807) is 20.8 Å². The highest BCUT2D eigenvalue weighted by Gasteiger charge is 2.42. The topological polar surface area (TPSA) is 117 Å². The second-order valence-electron chi connectivity index (χ2n) is 9.02. The van der Waals surface area contributed by atoms with Crippen LogP contribution in [0.3, 0.4) is 0 Å². The van der Waals surface area contributed by atoms with Crippen LogP contribution in [-0.2, 0) is 39.9 Å². The van der Waals surface area contributed by atoms with Crippen LogP contribution >= 0.6 is 0 Å². The van der Waals surface area contributed by atoms with Crippen molar-refractivity contribution in [1.29, 1.82) is 0 Å². The van der Waals surface area contributed by atoms with E-state index in [-0.39, 0.29) is 25.9 Å². The number of esters is 3. The third-order valence-corrected chi connectivity index (χ3v) is 4.45. The van der Waals surface area contributed by atoms with Gasteiger partial charge in [-0.3, -0.25) is 9.59 Å². The highest BCUT2D eigenvalue weighted by Crippen LogP contribution is 2.26. The second kappa shape index (κ2) is 10.5. The first-order valence-electron chi connectivity index (χ1n) is 10.5. The van der Waals surface area contributed by atoms with Gasteiger partial charge in [-0.05, 0) is 45.6 Å². The summed E-state index contributed by atoms with van der Waals surface area (Å²) in [5.41, 5.74) is 0.0533. The lowest BCUT2D eigenvalue weighted by Crippen LogP contribution is -2.46. The van der Waals surface area contributed by atoms with Crippen LogP contribution < -0.4 is 5.32 Å². The Morgan fingerprint density at radius 1 is 1.09 bits per heavy atom. The number of hydrogen-bond acceptors (Lipinski definition) is 8. The number of cyclic esters (lactones) is 2. The molecular weight excluding hydrogens is 418 g/mol. The van der Waals surface area contributed by atoms with Gasteiger partial charge in [0.1, 0.15) is 18.2 Å². The molecule has 1 fully saturated rings. The number of benzene rings is 1. The highest BCUT2D eigenvalue weighted by atomic mass is 16.7. The second-order valence-corrected chi connectivity index (χ2v) is 9.02. The molecule has 1 aromatic carbocycles. The largest absolute Gasteiger partial charge is 0.459 e. The molecule has 1 aromatic rings. The van der Waals surface area contributed by atoms with Crippen molar-refractivity contribution in [1.82, 2.24) is 5.32 Å². The number of carbonyl (C=O) groups is 4. The summed E-state index contributed by atoms with van der Waals surface area (Å²) in [6, 6.07) is 8.10. The van der Waals surface area contributed by atoms with E-state index in [1.807, 2.05) is 30.3 Å². The zero-order chi connectivity index (χ0) is 23.9. The van der Waals surface area contributed by atoms with E-state index in [2.05, 4.69) is 5.32 Å². The van der Waals surface area contributed by atoms with Gasteiger partial charge in [-0.1, -0.05) is 30.3 Å². The third kappa shape index (κ3) is 8.20. The minimum Gasteiger partial charge on any atom is -0.459 e. The average Bonchev–Trinajstić information content (AvgIpc) is 2.65. The Bertz CT molecular complexity index is 808. The van der Waals surface area contributed by atoms with Crippen LogP contribution in [0.15, 0.2) is 30.3 Å². The lowest BCUT2D eigenvalue weighted by molar-refractivity contribution is -0.240. The molecule has 1 aliphatic heterocycles. The summed E-state index contributed by atoms with van der Waals surface area (Å²) in [6.45, 7) is 8.11. The normalized spacial score (nSPS) is 17.0. The summed E-state index contributed by atoms with van der Waals surface area (Å²) in [4.78, 5) is 49.1. The zero-order valence-corrected chi connectivity index (χ0v) is 19.1. The van der Waals surface area contributed by atoms with Gasteiger partial charge in [0.05, 0.1) is 0 Å². The maximum Gasteiger partial charge on any atom is 0.408 e. The molecule has 0 bridgehead atoms. The van der Waals surface area contributed by atoms with Gasteiger partial charge >= 0.3 is 24.0 Å². The molecular formula is C23H31NO8. The molecule has 0 radical (unpaired) electrons.